The van der Waals surface area contributed by atoms with Crippen molar-refractivity contribution in [3.05, 3.63) is 76.4 Å². The van der Waals surface area contributed by atoms with E-state index >= 15 is 0 Å². The fourth-order valence-corrected chi connectivity index (χ4v) is 3.05. The second-order valence-electron chi connectivity index (χ2n) is 6.52. The molecule has 0 radical (unpaired) electrons. The zero-order valence-electron chi connectivity index (χ0n) is 15.8. The van der Waals surface area contributed by atoms with Gasteiger partial charge in [-0.25, -0.2) is 4.68 Å². The van der Waals surface area contributed by atoms with Crippen LogP contribution in [0.2, 0.25) is 5.02 Å². The second-order valence-corrected chi connectivity index (χ2v) is 6.93. The van der Waals surface area contributed by atoms with Crippen LogP contribution in [0.15, 0.2) is 54.7 Å². The van der Waals surface area contributed by atoms with Gasteiger partial charge in [0.1, 0.15) is 11.6 Å². The van der Waals surface area contributed by atoms with E-state index in [-0.39, 0.29) is 28.0 Å². The Morgan fingerprint density at radius 1 is 1.17 bits per heavy atom. The molecule has 5 nitrogen and oxygen atoms in total. The van der Waals surface area contributed by atoms with Crippen LogP contribution in [0.1, 0.15) is 23.1 Å². The monoisotopic (exact) mass is 432 g/mol. The third-order valence-electron chi connectivity index (χ3n) is 4.41. The molecule has 0 aliphatic carbocycles. The molecule has 0 saturated carbocycles. The fraction of sp³-hybridized carbons (Fsp3) is 0.190. The number of carbonyl (C=O) groups is 1. The van der Waals surface area contributed by atoms with Gasteiger partial charge in [0.2, 0.25) is 5.91 Å². The van der Waals surface area contributed by atoms with Crippen LogP contribution in [0.3, 0.4) is 0 Å². The number of nitrogens with zero attached hydrogens (tertiary/aromatic N) is 4. The van der Waals surface area contributed by atoms with Gasteiger partial charge in [-0.1, -0.05) is 47.5 Å². The first kappa shape index (κ1) is 21.4. The summed E-state index contributed by atoms with van der Waals surface area (Å²) in [4.78, 5) is 13.0. The van der Waals surface area contributed by atoms with E-state index in [2.05, 4.69) is 24.2 Å². The molecule has 9 heteroatoms. The van der Waals surface area contributed by atoms with Gasteiger partial charge >= 0.3 is 6.18 Å². The van der Waals surface area contributed by atoms with Gasteiger partial charge in [-0.2, -0.15) is 23.5 Å². The van der Waals surface area contributed by atoms with Crippen LogP contribution in [0, 0.1) is 18.3 Å². The summed E-state index contributed by atoms with van der Waals surface area (Å²) >= 11 is 5.95. The molecule has 154 valence electrons. The number of halogens is 4. The van der Waals surface area contributed by atoms with E-state index in [1.807, 2.05) is 24.3 Å². The predicted molar refractivity (Wildman–Crippen MR) is 106 cm³/mol. The summed E-state index contributed by atoms with van der Waals surface area (Å²) in [5.41, 5.74) is 0.743. The van der Waals surface area contributed by atoms with Gasteiger partial charge in [-0.05, 0) is 25.1 Å². The topological polar surface area (TPSA) is 61.9 Å². The largest absolute Gasteiger partial charge is 0.416 e. The molecule has 0 unspecified atom stereocenters. The van der Waals surface area contributed by atoms with Gasteiger partial charge < -0.3 is 0 Å². The molecule has 30 heavy (non-hydrogen) atoms. The van der Waals surface area contributed by atoms with Crippen molar-refractivity contribution in [3.8, 4) is 11.8 Å². The summed E-state index contributed by atoms with van der Waals surface area (Å²) in [7, 11) is 0. The molecule has 2 aromatic carbocycles. The van der Waals surface area contributed by atoms with E-state index in [4.69, 9.17) is 16.9 Å². The maximum Gasteiger partial charge on any atom is 0.416 e. The van der Waals surface area contributed by atoms with E-state index < -0.39 is 11.7 Å². The molecule has 0 atom stereocenters. The number of rotatable bonds is 2. The first-order chi connectivity index (χ1) is 14.2. The van der Waals surface area contributed by atoms with E-state index in [9.17, 15) is 18.0 Å². The quantitative estimate of drug-likeness (QED) is 0.526. The molecular formula is C21H16ClF3N4O. The van der Waals surface area contributed by atoms with Gasteiger partial charge in [-0.15, -0.1) is 0 Å². The lowest BCUT2D eigenvalue weighted by Gasteiger charge is -2.31. The summed E-state index contributed by atoms with van der Waals surface area (Å²) in [6.45, 7) is 2.50. The smallest absolute Gasteiger partial charge is 0.295 e. The number of hydrogen-bond acceptors (Lipinski definition) is 3. The third kappa shape index (κ3) is 4.47. The van der Waals surface area contributed by atoms with E-state index in [1.165, 1.54) is 21.3 Å². The maximum atomic E-state index is 12.7. The summed E-state index contributed by atoms with van der Waals surface area (Å²) in [6.07, 6.45) is -2.92. The number of nitriles is 1. The first-order valence-electron chi connectivity index (χ1n) is 8.89. The number of benzene rings is 2. The lowest BCUT2D eigenvalue weighted by Crippen LogP contribution is -2.44. The molecule has 3 aromatic rings. The summed E-state index contributed by atoms with van der Waals surface area (Å²) in [6, 6.07) is 15.0. The summed E-state index contributed by atoms with van der Waals surface area (Å²) in [5, 5.41) is 12.9. The van der Waals surface area contributed by atoms with Crippen LogP contribution in [-0.2, 0) is 11.0 Å². The van der Waals surface area contributed by atoms with Crippen molar-refractivity contribution in [1.29, 1.82) is 5.26 Å². The van der Waals surface area contributed by atoms with Gasteiger partial charge in [0, 0.05) is 13.0 Å². The molecule has 1 aliphatic rings. The Morgan fingerprint density at radius 3 is 2.30 bits per heavy atom. The summed E-state index contributed by atoms with van der Waals surface area (Å²) < 4.78 is 39.3. The zero-order valence-corrected chi connectivity index (χ0v) is 16.6. The van der Waals surface area contributed by atoms with Crippen LogP contribution in [-0.4, -0.2) is 22.2 Å². The first-order valence-corrected chi connectivity index (χ1v) is 9.27. The highest BCUT2D eigenvalue weighted by molar-refractivity contribution is 6.32. The highest BCUT2D eigenvalue weighted by atomic mass is 35.5. The van der Waals surface area contributed by atoms with Gasteiger partial charge in [0.15, 0.2) is 5.82 Å². The Kier molecular flexibility index (Phi) is 6.13. The van der Waals surface area contributed by atoms with Crippen molar-refractivity contribution in [3.63, 3.8) is 0 Å². The molecule has 1 saturated heterocycles. The molecule has 0 N–H and O–H groups in total. The number of anilines is 1. The van der Waals surface area contributed by atoms with Gasteiger partial charge in [-0.3, -0.25) is 9.69 Å². The molecule has 0 bridgehead atoms. The van der Waals surface area contributed by atoms with Crippen LogP contribution in [0.25, 0.3) is 5.69 Å². The fourth-order valence-electron chi connectivity index (χ4n) is 2.79. The minimum atomic E-state index is -4.51. The number of amides is 1. The molecule has 1 amide bonds. The minimum Gasteiger partial charge on any atom is -0.295 e. The Morgan fingerprint density at radius 2 is 1.87 bits per heavy atom. The highest BCUT2D eigenvalue weighted by Crippen LogP contribution is 2.35. The van der Waals surface area contributed by atoms with Crippen LogP contribution in [0.5, 0.6) is 0 Å². The normalized spacial score (nSPS) is 13.2. The second kappa shape index (κ2) is 8.59. The van der Waals surface area contributed by atoms with E-state index in [0.29, 0.717) is 13.0 Å². The molecule has 1 aliphatic heterocycles. The lowest BCUT2D eigenvalue weighted by molar-refractivity contribution is -0.137. The SMILES string of the molecule is Cc1ccccc1.N#Cc1cnn(-c2ccc(C(F)(F)F)cc2Cl)c1N1CCC1=O. The van der Waals surface area contributed by atoms with Crippen molar-refractivity contribution >= 4 is 23.3 Å². The van der Waals surface area contributed by atoms with Crippen LogP contribution >= 0.6 is 11.6 Å². The Bertz CT molecular complexity index is 1100. The average Bonchev–Trinajstić information content (AvgIpc) is 3.10. The van der Waals surface area contributed by atoms with Crippen molar-refractivity contribution in [2.45, 2.75) is 19.5 Å². The standard InChI is InChI=1S/C14H8ClF3N4O.C7H8/c15-10-5-9(14(16,17)18)1-2-11(10)22-13(8(6-19)7-20-22)21-4-3-12(21)23;1-7-5-3-2-4-6-7/h1-2,5,7H,3-4H2;2-6H,1H3. The highest BCUT2D eigenvalue weighted by Gasteiger charge is 2.33. The molecule has 0 spiro atoms. The summed E-state index contributed by atoms with van der Waals surface area (Å²) in [5.74, 6) is 0.0247. The van der Waals surface area contributed by atoms with Gasteiger partial charge in [0.05, 0.1) is 22.5 Å². The Hall–Kier alpha value is -3.31. The molecule has 1 aromatic heterocycles. The number of hydrogen-bond donors (Lipinski definition) is 0. The van der Waals surface area contributed by atoms with E-state index in [0.717, 1.165) is 18.2 Å². The lowest BCUT2D eigenvalue weighted by atomic mass is 10.1. The molecule has 2 heterocycles. The number of β-lactam (4-membered cyclic amide) rings is 1. The number of alkyl halides is 3. The Balaban J connectivity index is 0.000000310. The maximum absolute atomic E-state index is 12.7. The van der Waals surface area contributed by atoms with Crippen molar-refractivity contribution in [2.24, 2.45) is 0 Å². The average molecular weight is 433 g/mol. The third-order valence-corrected chi connectivity index (χ3v) is 4.72. The predicted octanol–water partition coefficient (Wildman–Crippen LogP) is 5.15. The van der Waals surface area contributed by atoms with Crippen molar-refractivity contribution < 1.29 is 18.0 Å². The van der Waals surface area contributed by atoms with Crippen LogP contribution < -0.4 is 4.90 Å². The Labute approximate surface area is 175 Å². The minimum absolute atomic E-state index is 0.147. The van der Waals surface area contributed by atoms with Crippen LogP contribution in [0.4, 0.5) is 19.0 Å². The molecule has 4 rings (SSSR count). The number of aromatic nitrogens is 2. The molecular weight excluding hydrogens is 417 g/mol. The number of aryl methyl sites for hydroxylation is 1. The number of carbonyl (C=O) groups excluding carboxylic acids is 1. The van der Waals surface area contributed by atoms with E-state index in [1.54, 1.807) is 0 Å². The van der Waals surface area contributed by atoms with Gasteiger partial charge in [0.25, 0.3) is 0 Å². The molecule has 1 fully saturated rings. The van der Waals surface area contributed by atoms with Crippen molar-refractivity contribution in [1.82, 2.24) is 9.78 Å². The van der Waals surface area contributed by atoms with Crippen molar-refractivity contribution in [2.75, 3.05) is 11.4 Å². The zero-order chi connectivity index (χ0) is 21.9.